The number of carbonyl (C=O) groups is 1. The van der Waals surface area contributed by atoms with Crippen LogP contribution in [0.3, 0.4) is 0 Å². The van der Waals surface area contributed by atoms with Crippen LogP contribution in [0.4, 0.5) is 5.69 Å². The Kier molecular flexibility index (Phi) is 4.70. The van der Waals surface area contributed by atoms with Gasteiger partial charge in [0, 0.05) is 11.3 Å². The third-order valence-corrected chi connectivity index (χ3v) is 4.93. The molecule has 0 fully saturated rings. The van der Waals surface area contributed by atoms with Crippen molar-refractivity contribution in [2.75, 3.05) is 5.32 Å². The second kappa shape index (κ2) is 7.31. The lowest BCUT2D eigenvalue weighted by Gasteiger charge is -2.12. The molecule has 0 bridgehead atoms. The summed E-state index contributed by atoms with van der Waals surface area (Å²) in [4.78, 5) is 17.7. The number of carbonyl (C=O) groups excluding carboxylic acids is 1. The van der Waals surface area contributed by atoms with Gasteiger partial charge >= 0.3 is 0 Å². The number of rotatable bonds is 4. The summed E-state index contributed by atoms with van der Waals surface area (Å²) in [6.07, 6.45) is 0. The molecule has 4 aromatic rings. The number of anilines is 1. The molecule has 140 valence electrons. The smallest absolute Gasteiger partial charge is 0.244 e. The van der Waals surface area contributed by atoms with E-state index in [-0.39, 0.29) is 12.5 Å². The van der Waals surface area contributed by atoms with E-state index < -0.39 is 0 Å². The van der Waals surface area contributed by atoms with Gasteiger partial charge in [0.1, 0.15) is 12.4 Å². The molecular weight excluding hydrogens is 346 g/mol. The van der Waals surface area contributed by atoms with Crippen LogP contribution < -0.4 is 5.32 Å². The Morgan fingerprint density at radius 2 is 1.64 bits per heavy atom. The third-order valence-electron chi connectivity index (χ3n) is 4.93. The molecule has 0 unspecified atom stereocenters. The van der Waals surface area contributed by atoms with Gasteiger partial charge < -0.3 is 9.88 Å². The first kappa shape index (κ1) is 18.0. The fourth-order valence-corrected chi connectivity index (χ4v) is 3.36. The topological polar surface area (TPSA) is 46.9 Å². The van der Waals surface area contributed by atoms with Gasteiger partial charge in [-0.05, 0) is 50.1 Å². The van der Waals surface area contributed by atoms with Crippen molar-refractivity contribution in [2.24, 2.45) is 0 Å². The molecule has 0 spiro atoms. The summed E-state index contributed by atoms with van der Waals surface area (Å²) in [5.74, 6) is 0.738. The maximum Gasteiger partial charge on any atom is 0.244 e. The molecule has 0 aliphatic heterocycles. The quantitative estimate of drug-likeness (QED) is 0.533. The van der Waals surface area contributed by atoms with Crippen molar-refractivity contribution in [2.45, 2.75) is 27.3 Å². The number of aryl methyl sites for hydroxylation is 3. The molecule has 28 heavy (non-hydrogen) atoms. The van der Waals surface area contributed by atoms with Gasteiger partial charge in [-0.1, -0.05) is 54.1 Å². The van der Waals surface area contributed by atoms with Crippen molar-refractivity contribution in [3.63, 3.8) is 0 Å². The highest BCUT2D eigenvalue weighted by molar-refractivity contribution is 5.93. The minimum Gasteiger partial charge on any atom is -0.324 e. The molecule has 3 aromatic carbocycles. The highest BCUT2D eigenvalue weighted by Crippen LogP contribution is 2.25. The van der Waals surface area contributed by atoms with Crippen LogP contribution in [0.2, 0.25) is 0 Å². The Morgan fingerprint density at radius 1 is 0.929 bits per heavy atom. The van der Waals surface area contributed by atoms with Crippen LogP contribution in [-0.2, 0) is 11.3 Å². The SMILES string of the molecule is Cc1ccc(-c2nc3ccccc3n2CC(=O)Nc2cc(C)ccc2C)cc1. The molecule has 1 N–H and O–H groups in total. The van der Waals surface area contributed by atoms with E-state index in [1.54, 1.807) is 0 Å². The van der Waals surface area contributed by atoms with E-state index in [9.17, 15) is 4.79 Å². The van der Waals surface area contributed by atoms with E-state index in [0.29, 0.717) is 0 Å². The zero-order valence-electron chi connectivity index (χ0n) is 16.4. The van der Waals surface area contributed by atoms with Gasteiger partial charge in [0.05, 0.1) is 11.0 Å². The number of imidazole rings is 1. The van der Waals surface area contributed by atoms with E-state index >= 15 is 0 Å². The minimum atomic E-state index is -0.0646. The van der Waals surface area contributed by atoms with Crippen LogP contribution in [0.5, 0.6) is 0 Å². The molecule has 0 aliphatic rings. The van der Waals surface area contributed by atoms with Gasteiger partial charge in [-0.2, -0.15) is 0 Å². The van der Waals surface area contributed by atoms with Crippen LogP contribution in [0.25, 0.3) is 22.4 Å². The summed E-state index contributed by atoms with van der Waals surface area (Å²) in [5.41, 5.74) is 7.06. The van der Waals surface area contributed by atoms with Gasteiger partial charge in [0.25, 0.3) is 0 Å². The van der Waals surface area contributed by atoms with Crippen molar-refractivity contribution in [3.8, 4) is 11.4 Å². The van der Waals surface area contributed by atoms with E-state index in [0.717, 1.165) is 39.2 Å². The molecular formula is C24H23N3O. The number of para-hydroxylation sites is 2. The molecule has 1 heterocycles. The van der Waals surface area contributed by atoms with Gasteiger partial charge in [-0.25, -0.2) is 4.98 Å². The molecule has 0 saturated heterocycles. The lowest BCUT2D eigenvalue weighted by Crippen LogP contribution is -2.20. The number of fused-ring (bicyclic) bond motifs is 1. The van der Waals surface area contributed by atoms with Crippen LogP contribution >= 0.6 is 0 Å². The monoisotopic (exact) mass is 369 g/mol. The number of amides is 1. The van der Waals surface area contributed by atoms with E-state index in [1.807, 2.05) is 60.9 Å². The van der Waals surface area contributed by atoms with Crippen molar-refractivity contribution >= 4 is 22.6 Å². The largest absolute Gasteiger partial charge is 0.324 e. The Morgan fingerprint density at radius 3 is 2.43 bits per heavy atom. The number of nitrogens with one attached hydrogen (secondary N) is 1. The van der Waals surface area contributed by atoms with Crippen molar-refractivity contribution in [1.29, 1.82) is 0 Å². The first-order valence-corrected chi connectivity index (χ1v) is 9.41. The Balaban J connectivity index is 1.71. The molecule has 0 atom stereocenters. The predicted octanol–water partition coefficient (Wildman–Crippen LogP) is 5.27. The van der Waals surface area contributed by atoms with E-state index in [2.05, 4.69) is 36.5 Å². The van der Waals surface area contributed by atoms with Crippen LogP contribution in [0.1, 0.15) is 16.7 Å². The molecule has 0 saturated carbocycles. The van der Waals surface area contributed by atoms with Gasteiger partial charge in [-0.3, -0.25) is 4.79 Å². The lowest BCUT2D eigenvalue weighted by atomic mass is 10.1. The average Bonchev–Trinajstić information content (AvgIpc) is 3.04. The first-order chi connectivity index (χ1) is 13.5. The van der Waals surface area contributed by atoms with Crippen molar-refractivity contribution in [3.05, 3.63) is 83.4 Å². The number of hydrogen-bond donors (Lipinski definition) is 1. The van der Waals surface area contributed by atoms with Crippen LogP contribution in [0.15, 0.2) is 66.7 Å². The second-order valence-corrected chi connectivity index (χ2v) is 7.24. The number of benzene rings is 3. The Hall–Kier alpha value is -3.40. The molecule has 4 nitrogen and oxygen atoms in total. The summed E-state index contributed by atoms with van der Waals surface area (Å²) in [7, 11) is 0. The van der Waals surface area contributed by atoms with Crippen molar-refractivity contribution in [1.82, 2.24) is 9.55 Å². The zero-order valence-corrected chi connectivity index (χ0v) is 16.4. The standard InChI is InChI=1S/C24H23N3O/c1-16-9-12-19(13-10-16)24-26-20-6-4-5-7-22(20)27(24)15-23(28)25-21-14-17(2)8-11-18(21)3/h4-14H,15H2,1-3H3,(H,25,28). The summed E-state index contributed by atoms with van der Waals surface area (Å²) in [6, 6.07) is 22.2. The number of hydrogen-bond acceptors (Lipinski definition) is 2. The maximum atomic E-state index is 12.9. The number of aromatic nitrogens is 2. The first-order valence-electron chi connectivity index (χ1n) is 9.41. The highest BCUT2D eigenvalue weighted by Gasteiger charge is 2.15. The molecule has 0 radical (unpaired) electrons. The van der Waals surface area contributed by atoms with Gasteiger partial charge in [0.15, 0.2) is 0 Å². The highest BCUT2D eigenvalue weighted by atomic mass is 16.1. The summed E-state index contributed by atoms with van der Waals surface area (Å²) in [6.45, 7) is 6.29. The third kappa shape index (κ3) is 3.54. The maximum absolute atomic E-state index is 12.9. The van der Waals surface area contributed by atoms with Crippen LogP contribution in [-0.4, -0.2) is 15.5 Å². The van der Waals surface area contributed by atoms with Gasteiger partial charge in [0.2, 0.25) is 5.91 Å². The lowest BCUT2D eigenvalue weighted by molar-refractivity contribution is -0.116. The Labute approximate surface area is 164 Å². The fraction of sp³-hybridized carbons (Fsp3) is 0.167. The molecule has 4 rings (SSSR count). The molecule has 0 aliphatic carbocycles. The molecule has 4 heteroatoms. The van der Waals surface area contributed by atoms with Gasteiger partial charge in [-0.15, -0.1) is 0 Å². The van der Waals surface area contributed by atoms with E-state index in [4.69, 9.17) is 4.98 Å². The number of nitrogens with zero attached hydrogens (tertiary/aromatic N) is 2. The normalized spacial score (nSPS) is 11.0. The Bertz CT molecular complexity index is 1160. The molecule has 1 amide bonds. The molecule has 1 aromatic heterocycles. The average molecular weight is 369 g/mol. The summed E-state index contributed by atoms with van der Waals surface area (Å²) < 4.78 is 1.99. The summed E-state index contributed by atoms with van der Waals surface area (Å²) >= 11 is 0. The minimum absolute atomic E-state index is 0.0646. The van der Waals surface area contributed by atoms with Crippen LogP contribution in [0, 0.1) is 20.8 Å². The predicted molar refractivity (Wildman–Crippen MR) is 114 cm³/mol. The summed E-state index contributed by atoms with van der Waals surface area (Å²) in [5, 5.41) is 3.05. The fourth-order valence-electron chi connectivity index (χ4n) is 3.36. The second-order valence-electron chi connectivity index (χ2n) is 7.24. The zero-order chi connectivity index (χ0) is 19.7. The van der Waals surface area contributed by atoms with Crippen molar-refractivity contribution < 1.29 is 4.79 Å². The van der Waals surface area contributed by atoms with E-state index in [1.165, 1.54) is 5.56 Å².